The van der Waals surface area contributed by atoms with Crippen LogP contribution in [-0.4, -0.2) is 43.4 Å². The molecular weight excluding hydrogens is 451 g/mol. The van der Waals surface area contributed by atoms with Crippen LogP contribution < -0.4 is 10.6 Å². The third kappa shape index (κ3) is 5.59. The summed E-state index contributed by atoms with van der Waals surface area (Å²) < 4.78 is 0. The van der Waals surface area contributed by atoms with E-state index in [4.69, 9.17) is 0 Å². The number of carbonyl (C=O) groups excluding carboxylic acids is 1. The number of nitrogens with one attached hydrogen (secondary N) is 2. The van der Waals surface area contributed by atoms with Crippen molar-refractivity contribution >= 4 is 35.8 Å². The van der Waals surface area contributed by atoms with Gasteiger partial charge in [-0.25, -0.2) is 0 Å². The molecule has 27 heavy (non-hydrogen) atoms. The van der Waals surface area contributed by atoms with Crippen molar-refractivity contribution in [3.8, 4) is 0 Å². The molecule has 1 saturated heterocycles. The number of hydrogen-bond acceptors (Lipinski definition) is 2. The van der Waals surface area contributed by atoms with Gasteiger partial charge >= 0.3 is 0 Å². The molecule has 0 aromatic heterocycles. The van der Waals surface area contributed by atoms with Gasteiger partial charge < -0.3 is 15.5 Å². The highest BCUT2D eigenvalue weighted by molar-refractivity contribution is 14.0. The van der Waals surface area contributed by atoms with E-state index in [-0.39, 0.29) is 29.9 Å². The summed E-state index contributed by atoms with van der Waals surface area (Å²) in [6.45, 7) is 5.55. The summed E-state index contributed by atoms with van der Waals surface area (Å²) in [7, 11) is 1.87. The van der Waals surface area contributed by atoms with Crippen LogP contribution in [0.15, 0.2) is 29.3 Å². The van der Waals surface area contributed by atoms with Gasteiger partial charge in [0.15, 0.2) is 5.96 Å². The van der Waals surface area contributed by atoms with Gasteiger partial charge in [-0.05, 0) is 49.3 Å². The Bertz CT molecular complexity index is 638. The van der Waals surface area contributed by atoms with E-state index in [9.17, 15) is 4.79 Å². The Morgan fingerprint density at radius 3 is 2.44 bits per heavy atom. The first-order chi connectivity index (χ1) is 12.7. The van der Waals surface area contributed by atoms with Gasteiger partial charge in [-0.2, -0.15) is 0 Å². The summed E-state index contributed by atoms with van der Waals surface area (Å²) in [4.78, 5) is 18.8. The maximum atomic E-state index is 11.8. The summed E-state index contributed by atoms with van der Waals surface area (Å²) in [5, 5.41) is 6.32. The van der Waals surface area contributed by atoms with E-state index in [0.717, 1.165) is 31.2 Å². The molecule has 1 heterocycles. The lowest BCUT2D eigenvalue weighted by molar-refractivity contribution is 0.0956. The molecule has 5 nitrogen and oxygen atoms in total. The lowest BCUT2D eigenvalue weighted by atomic mass is 9.73. The number of carbonyl (C=O) groups is 1. The molecule has 2 aliphatic rings. The largest absolute Gasteiger partial charge is 0.352 e. The SMILES string of the molecule is CCNC(=O)c1ccc(CNC(=NC)N2CCC3(CCCCC3)C2)cc1.I. The zero-order valence-electron chi connectivity index (χ0n) is 16.6. The van der Waals surface area contributed by atoms with Crippen LogP contribution in [0.3, 0.4) is 0 Å². The van der Waals surface area contributed by atoms with Crippen molar-refractivity contribution in [2.45, 2.75) is 52.0 Å². The van der Waals surface area contributed by atoms with E-state index in [0.29, 0.717) is 17.5 Å². The number of rotatable bonds is 4. The first-order valence-electron chi connectivity index (χ1n) is 9.98. The predicted molar refractivity (Wildman–Crippen MR) is 122 cm³/mol. The molecule has 3 rings (SSSR count). The second-order valence-corrected chi connectivity index (χ2v) is 7.69. The Morgan fingerprint density at radius 1 is 1.11 bits per heavy atom. The molecule has 0 atom stereocenters. The number of hydrogen-bond donors (Lipinski definition) is 2. The van der Waals surface area contributed by atoms with Crippen molar-refractivity contribution in [1.29, 1.82) is 0 Å². The Morgan fingerprint density at radius 2 is 1.81 bits per heavy atom. The van der Waals surface area contributed by atoms with Gasteiger partial charge in [0.2, 0.25) is 0 Å². The number of amides is 1. The maximum Gasteiger partial charge on any atom is 0.251 e. The molecule has 1 amide bonds. The van der Waals surface area contributed by atoms with Crippen LogP contribution in [0.1, 0.15) is 61.4 Å². The summed E-state index contributed by atoms with van der Waals surface area (Å²) in [6, 6.07) is 7.80. The summed E-state index contributed by atoms with van der Waals surface area (Å²) >= 11 is 0. The van der Waals surface area contributed by atoms with Crippen molar-refractivity contribution in [3.63, 3.8) is 0 Å². The molecule has 1 aliphatic carbocycles. The van der Waals surface area contributed by atoms with E-state index in [1.807, 2.05) is 38.2 Å². The van der Waals surface area contributed by atoms with Crippen molar-refractivity contribution in [2.75, 3.05) is 26.7 Å². The van der Waals surface area contributed by atoms with E-state index < -0.39 is 0 Å². The lowest BCUT2D eigenvalue weighted by Gasteiger charge is -2.33. The van der Waals surface area contributed by atoms with Crippen LogP contribution in [0.25, 0.3) is 0 Å². The molecular formula is C21H33IN4O. The molecule has 2 N–H and O–H groups in total. The van der Waals surface area contributed by atoms with E-state index in [2.05, 4.69) is 20.5 Å². The van der Waals surface area contributed by atoms with E-state index in [1.165, 1.54) is 38.5 Å². The summed E-state index contributed by atoms with van der Waals surface area (Å²) in [5.41, 5.74) is 2.40. The number of halogens is 1. The fourth-order valence-electron chi connectivity index (χ4n) is 4.38. The Balaban J connectivity index is 0.00000261. The lowest BCUT2D eigenvalue weighted by Crippen LogP contribution is -2.41. The smallest absolute Gasteiger partial charge is 0.251 e. The standard InChI is InChI=1S/C21H32N4O.HI/c1-3-23-19(26)18-9-7-17(8-10-18)15-24-20(22-2)25-14-13-21(16-25)11-5-4-6-12-21;/h7-10H,3-6,11-16H2,1-2H3,(H,22,24)(H,23,26);1H. The molecule has 1 aromatic rings. The first-order valence-corrected chi connectivity index (χ1v) is 9.98. The number of likely N-dealkylation sites (tertiary alicyclic amines) is 1. The summed E-state index contributed by atoms with van der Waals surface area (Å²) in [6.07, 6.45) is 8.23. The van der Waals surface area contributed by atoms with Crippen LogP contribution in [0.2, 0.25) is 0 Å². The third-order valence-electron chi connectivity index (χ3n) is 5.87. The van der Waals surface area contributed by atoms with Gasteiger partial charge in [-0.15, -0.1) is 24.0 Å². The quantitative estimate of drug-likeness (QED) is 0.389. The second-order valence-electron chi connectivity index (χ2n) is 7.69. The third-order valence-corrected chi connectivity index (χ3v) is 5.87. The summed E-state index contributed by atoms with van der Waals surface area (Å²) in [5.74, 6) is 0.984. The molecule has 1 aliphatic heterocycles. The van der Waals surface area contributed by atoms with Gasteiger partial charge in [0.25, 0.3) is 5.91 Å². The number of benzene rings is 1. The van der Waals surface area contributed by atoms with Gasteiger partial charge in [0.1, 0.15) is 0 Å². The average molecular weight is 484 g/mol. The van der Waals surface area contributed by atoms with Gasteiger partial charge in [0, 0.05) is 38.8 Å². The van der Waals surface area contributed by atoms with Crippen LogP contribution in [-0.2, 0) is 6.54 Å². The monoisotopic (exact) mass is 484 g/mol. The minimum absolute atomic E-state index is 0. The Labute approximate surface area is 180 Å². The Hall–Kier alpha value is -1.31. The molecule has 0 radical (unpaired) electrons. The molecule has 6 heteroatoms. The van der Waals surface area contributed by atoms with Crippen LogP contribution in [0, 0.1) is 5.41 Å². The highest BCUT2D eigenvalue weighted by Crippen LogP contribution is 2.43. The van der Waals surface area contributed by atoms with Crippen LogP contribution >= 0.6 is 24.0 Å². The highest BCUT2D eigenvalue weighted by atomic mass is 127. The fraction of sp³-hybridized carbons (Fsp3) is 0.619. The van der Waals surface area contributed by atoms with E-state index in [1.54, 1.807) is 0 Å². The number of aliphatic imine (C=N–C) groups is 1. The highest BCUT2D eigenvalue weighted by Gasteiger charge is 2.39. The second kappa shape index (κ2) is 10.3. The zero-order chi connectivity index (χ0) is 18.4. The molecule has 0 unspecified atom stereocenters. The number of guanidine groups is 1. The van der Waals surface area contributed by atoms with Gasteiger partial charge in [-0.1, -0.05) is 31.4 Å². The normalized spacial score (nSPS) is 18.9. The van der Waals surface area contributed by atoms with Gasteiger partial charge in [-0.3, -0.25) is 9.79 Å². The molecule has 2 fully saturated rings. The topological polar surface area (TPSA) is 56.7 Å². The average Bonchev–Trinajstić information content (AvgIpc) is 3.06. The van der Waals surface area contributed by atoms with Crippen LogP contribution in [0.4, 0.5) is 0 Å². The molecule has 1 aromatic carbocycles. The maximum absolute atomic E-state index is 11.8. The molecule has 1 spiro atoms. The zero-order valence-corrected chi connectivity index (χ0v) is 18.9. The van der Waals surface area contributed by atoms with Crippen molar-refractivity contribution in [3.05, 3.63) is 35.4 Å². The van der Waals surface area contributed by atoms with Crippen molar-refractivity contribution in [2.24, 2.45) is 10.4 Å². The first kappa shape index (κ1) is 22.0. The molecule has 150 valence electrons. The van der Waals surface area contributed by atoms with Gasteiger partial charge in [0.05, 0.1) is 0 Å². The van der Waals surface area contributed by atoms with Crippen molar-refractivity contribution in [1.82, 2.24) is 15.5 Å². The minimum atomic E-state index is -0.0161. The molecule has 0 bridgehead atoms. The minimum Gasteiger partial charge on any atom is -0.352 e. The van der Waals surface area contributed by atoms with Crippen molar-refractivity contribution < 1.29 is 4.79 Å². The predicted octanol–water partition coefficient (Wildman–Crippen LogP) is 3.79. The molecule has 1 saturated carbocycles. The van der Waals surface area contributed by atoms with E-state index >= 15 is 0 Å². The number of nitrogens with zero attached hydrogens (tertiary/aromatic N) is 2. The van der Waals surface area contributed by atoms with Crippen LogP contribution in [0.5, 0.6) is 0 Å². The fourth-order valence-corrected chi connectivity index (χ4v) is 4.38. The Kier molecular flexibility index (Phi) is 8.38.